The van der Waals surface area contributed by atoms with Crippen LogP contribution in [0.1, 0.15) is 35.9 Å². The number of aromatic nitrogens is 2. The molecule has 2 heteroatoms. The average Bonchev–Trinajstić information content (AvgIpc) is 2.57. The lowest BCUT2D eigenvalue weighted by molar-refractivity contribution is 0.826. The Morgan fingerprint density at radius 1 is 1.06 bits per heavy atom. The zero-order valence-electron chi connectivity index (χ0n) is 11.1. The number of rotatable bonds is 3. The molecule has 0 atom stereocenters. The Morgan fingerprint density at radius 3 is 2.41 bits per heavy atom. The molecule has 1 aromatic heterocycles. The fourth-order valence-corrected chi connectivity index (χ4v) is 2.29. The van der Waals surface area contributed by atoms with Crippen molar-refractivity contribution in [2.75, 3.05) is 0 Å². The van der Waals surface area contributed by atoms with Gasteiger partial charge in [-0.15, -0.1) is 0 Å². The SMILES string of the molecule is CCCc1cc(C)cc(-n2nc(C)cc2C)c1. The topological polar surface area (TPSA) is 17.8 Å². The van der Waals surface area contributed by atoms with Gasteiger partial charge in [-0.05, 0) is 56.5 Å². The highest BCUT2D eigenvalue weighted by Gasteiger charge is 2.05. The average molecular weight is 228 g/mol. The third-order valence-corrected chi connectivity index (χ3v) is 2.91. The molecule has 90 valence electrons. The van der Waals surface area contributed by atoms with E-state index in [0.29, 0.717) is 0 Å². The fourth-order valence-electron chi connectivity index (χ4n) is 2.29. The predicted octanol–water partition coefficient (Wildman–Crippen LogP) is 3.75. The monoisotopic (exact) mass is 228 g/mol. The Kier molecular flexibility index (Phi) is 3.32. The van der Waals surface area contributed by atoms with Crippen LogP contribution in [0.15, 0.2) is 24.3 Å². The maximum atomic E-state index is 4.54. The summed E-state index contributed by atoms with van der Waals surface area (Å²) in [4.78, 5) is 0. The molecule has 0 amide bonds. The molecule has 0 saturated heterocycles. The van der Waals surface area contributed by atoms with Crippen LogP contribution in [0.3, 0.4) is 0 Å². The van der Waals surface area contributed by atoms with Gasteiger partial charge >= 0.3 is 0 Å². The van der Waals surface area contributed by atoms with Crippen molar-refractivity contribution in [3.8, 4) is 5.69 Å². The molecule has 1 aromatic carbocycles. The summed E-state index contributed by atoms with van der Waals surface area (Å²) in [5.41, 5.74) is 6.14. The molecule has 0 bridgehead atoms. The standard InChI is InChI=1S/C15H20N2/c1-5-6-14-7-11(2)8-15(10-14)17-13(4)9-12(3)16-17/h7-10H,5-6H2,1-4H3. The van der Waals surface area contributed by atoms with Gasteiger partial charge in [0, 0.05) is 5.69 Å². The van der Waals surface area contributed by atoms with Crippen LogP contribution in [-0.2, 0) is 6.42 Å². The van der Waals surface area contributed by atoms with Gasteiger partial charge in [0.05, 0.1) is 11.4 Å². The molecule has 17 heavy (non-hydrogen) atoms. The number of aryl methyl sites for hydroxylation is 4. The maximum Gasteiger partial charge on any atom is 0.0654 e. The summed E-state index contributed by atoms with van der Waals surface area (Å²) in [6.07, 6.45) is 2.31. The van der Waals surface area contributed by atoms with Crippen LogP contribution >= 0.6 is 0 Å². The number of hydrogen-bond acceptors (Lipinski definition) is 1. The Morgan fingerprint density at radius 2 is 1.82 bits per heavy atom. The highest BCUT2D eigenvalue weighted by Crippen LogP contribution is 2.17. The van der Waals surface area contributed by atoms with Gasteiger partial charge < -0.3 is 0 Å². The first-order valence-corrected chi connectivity index (χ1v) is 6.24. The molecule has 2 nitrogen and oxygen atoms in total. The van der Waals surface area contributed by atoms with Crippen molar-refractivity contribution >= 4 is 0 Å². The lowest BCUT2D eigenvalue weighted by Crippen LogP contribution is -2.00. The quantitative estimate of drug-likeness (QED) is 0.782. The van der Waals surface area contributed by atoms with Crippen molar-refractivity contribution in [1.29, 1.82) is 0 Å². The van der Waals surface area contributed by atoms with Crippen molar-refractivity contribution in [3.63, 3.8) is 0 Å². The van der Waals surface area contributed by atoms with E-state index in [4.69, 9.17) is 0 Å². The summed E-state index contributed by atoms with van der Waals surface area (Å²) in [5.74, 6) is 0. The summed E-state index contributed by atoms with van der Waals surface area (Å²) in [7, 11) is 0. The molecule has 0 spiro atoms. The number of nitrogens with zero attached hydrogens (tertiary/aromatic N) is 2. The van der Waals surface area contributed by atoms with E-state index in [-0.39, 0.29) is 0 Å². The van der Waals surface area contributed by atoms with Gasteiger partial charge in [0.1, 0.15) is 0 Å². The van der Waals surface area contributed by atoms with E-state index in [2.05, 4.69) is 50.1 Å². The van der Waals surface area contributed by atoms with Gasteiger partial charge in [0.25, 0.3) is 0 Å². The molecule has 2 rings (SSSR count). The minimum atomic E-state index is 1.07. The van der Waals surface area contributed by atoms with Gasteiger partial charge in [0.15, 0.2) is 0 Å². The molecule has 0 unspecified atom stereocenters. The fraction of sp³-hybridized carbons (Fsp3) is 0.400. The van der Waals surface area contributed by atoms with Gasteiger partial charge in [-0.3, -0.25) is 0 Å². The van der Waals surface area contributed by atoms with Crippen LogP contribution in [0.25, 0.3) is 5.69 Å². The van der Waals surface area contributed by atoms with E-state index in [9.17, 15) is 0 Å². The summed E-state index contributed by atoms with van der Waals surface area (Å²) >= 11 is 0. The van der Waals surface area contributed by atoms with Crippen LogP contribution < -0.4 is 0 Å². The first-order chi connectivity index (χ1) is 8.10. The van der Waals surface area contributed by atoms with E-state index < -0.39 is 0 Å². The van der Waals surface area contributed by atoms with Gasteiger partial charge in [-0.1, -0.05) is 19.4 Å². The number of hydrogen-bond donors (Lipinski definition) is 0. The lowest BCUT2D eigenvalue weighted by Gasteiger charge is -2.08. The maximum absolute atomic E-state index is 4.54. The molecular weight excluding hydrogens is 208 g/mol. The Labute approximate surface area is 103 Å². The van der Waals surface area contributed by atoms with Crippen LogP contribution in [-0.4, -0.2) is 9.78 Å². The molecule has 1 heterocycles. The Hall–Kier alpha value is -1.57. The Bertz CT molecular complexity index is 524. The van der Waals surface area contributed by atoms with Crippen molar-refractivity contribution in [2.45, 2.75) is 40.5 Å². The smallest absolute Gasteiger partial charge is 0.0654 e. The second-order valence-electron chi connectivity index (χ2n) is 4.77. The first kappa shape index (κ1) is 11.9. The van der Waals surface area contributed by atoms with Crippen LogP contribution in [0.4, 0.5) is 0 Å². The molecule has 0 aliphatic heterocycles. The normalized spacial score (nSPS) is 10.8. The summed E-state index contributed by atoms with van der Waals surface area (Å²) < 4.78 is 2.03. The van der Waals surface area contributed by atoms with E-state index in [1.54, 1.807) is 0 Å². The molecule has 0 N–H and O–H groups in total. The third-order valence-electron chi connectivity index (χ3n) is 2.91. The first-order valence-electron chi connectivity index (χ1n) is 6.24. The van der Waals surface area contributed by atoms with E-state index in [1.807, 2.05) is 11.6 Å². The molecule has 0 aliphatic rings. The molecule has 0 fully saturated rings. The van der Waals surface area contributed by atoms with Crippen LogP contribution in [0.5, 0.6) is 0 Å². The second kappa shape index (κ2) is 4.74. The predicted molar refractivity (Wildman–Crippen MR) is 71.8 cm³/mol. The van der Waals surface area contributed by atoms with Crippen molar-refractivity contribution in [2.24, 2.45) is 0 Å². The summed E-state index contributed by atoms with van der Waals surface area (Å²) in [5, 5.41) is 4.54. The van der Waals surface area contributed by atoms with Gasteiger partial charge in [-0.25, -0.2) is 4.68 Å². The zero-order valence-corrected chi connectivity index (χ0v) is 11.1. The van der Waals surface area contributed by atoms with Crippen LogP contribution in [0, 0.1) is 20.8 Å². The minimum absolute atomic E-state index is 1.07. The van der Waals surface area contributed by atoms with Gasteiger partial charge in [0.2, 0.25) is 0 Å². The van der Waals surface area contributed by atoms with E-state index in [1.165, 1.54) is 28.9 Å². The van der Waals surface area contributed by atoms with Crippen LogP contribution in [0.2, 0.25) is 0 Å². The van der Waals surface area contributed by atoms with E-state index in [0.717, 1.165) is 12.1 Å². The highest BCUT2D eigenvalue weighted by molar-refractivity contribution is 5.40. The summed E-state index contributed by atoms with van der Waals surface area (Å²) in [6.45, 7) is 8.49. The number of benzene rings is 1. The molecule has 0 radical (unpaired) electrons. The lowest BCUT2D eigenvalue weighted by atomic mass is 10.1. The minimum Gasteiger partial charge on any atom is -0.238 e. The van der Waals surface area contributed by atoms with Gasteiger partial charge in [-0.2, -0.15) is 5.10 Å². The van der Waals surface area contributed by atoms with Crippen molar-refractivity contribution < 1.29 is 0 Å². The second-order valence-corrected chi connectivity index (χ2v) is 4.77. The largest absolute Gasteiger partial charge is 0.238 e. The molecular formula is C15H20N2. The zero-order chi connectivity index (χ0) is 12.4. The highest BCUT2D eigenvalue weighted by atomic mass is 15.3. The molecule has 2 aromatic rings. The van der Waals surface area contributed by atoms with Crippen molar-refractivity contribution in [3.05, 3.63) is 46.8 Å². The molecule has 0 aliphatic carbocycles. The van der Waals surface area contributed by atoms with Crippen molar-refractivity contribution in [1.82, 2.24) is 9.78 Å². The third kappa shape index (κ3) is 2.57. The molecule has 0 saturated carbocycles. The Balaban J connectivity index is 2.48. The van der Waals surface area contributed by atoms with E-state index >= 15 is 0 Å². The summed E-state index contributed by atoms with van der Waals surface area (Å²) in [6, 6.07) is 8.81.